The number of hydrogen-bond donors (Lipinski definition) is 0. The van der Waals surface area contributed by atoms with Crippen LogP contribution in [-0.2, 0) is 9.53 Å². The van der Waals surface area contributed by atoms with Crippen molar-refractivity contribution in [2.45, 2.75) is 45.6 Å². The van der Waals surface area contributed by atoms with E-state index >= 15 is 0 Å². The van der Waals surface area contributed by atoms with E-state index in [1.54, 1.807) is 4.90 Å². The van der Waals surface area contributed by atoms with E-state index in [-0.39, 0.29) is 11.5 Å². The Morgan fingerprint density at radius 3 is 2.29 bits per heavy atom. The SMILES string of the molecule is CN(C)C=CCC1(C=O)CCN(C(=O)OC(C)(C)C)CC1. The van der Waals surface area contributed by atoms with Crippen molar-refractivity contribution in [1.82, 2.24) is 9.80 Å². The number of piperidine rings is 1. The Kier molecular flexibility index (Phi) is 5.81. The smallest absolute Gasteiger partial charge is 0.410 e. The molecule has 5 nitrogen and oxygen atoms in total. The fourth-order valence-corrected chi connectivity index (χ4v) is 2.33. The van der Waals surface area contributed by atoms with Crippen molar-refractivity contribution in [3.8, 4) is 0 Å². The number of nitrogens with zero attached hydrogens (tertiary/aromatic N) is 2. The van der Waals surface area contributed by atoms with Gasteiger partial charge in [0.05, 0.1) is 0 Å². The highest BCUT2D eigenvalue weighted by Crippen LogP contribution is 2.33. The van der Waals surface area contributed by atoms with Crippen molar-refractivity contribution >= 4 is 12.4 Å². The average molecular weight is 296 g/mol. The van der Waals surface area contributed by atoms with Crippen molar-refractivity contribution in [1.29, 1.82) is 0 Å². The van der Waals surface area contributed by atoms with Gasteiger partial charge in [-0.1, -0.05) is 6.08 Å². The Balaban J connectivity index is 2.56. The molecule has 0 N–H and O–H groups in total. The summed E-state index contributed by atoms with van der Waals surface area (Å²) in [7, 11) is 3.91. The number of carbonyl (C=O) groups is 2. The van der Waals surface area contributed by atoms with Crippen LogP contribution in [0.2, 0.25) is 0 Å². The Labute approximate surface area is 127 Å². The lowest BCUT2D eigenvalue weighted by Gasteiger charge is -2.38. The molecule has 21 heavy (non-hydrogen) atoms. The minimum absolute atomic E-state index is 0.286. The molecule has 1 aliphatic rings. The van der Waals surface area contributed by atoms with Crippen LogP contribution < -0.4 is 0 Å². The summed E-state index contributed by atoms with van der Waals surface area (Å²) in [5.41, 5.74) is -0.824. The monoisotopic (exact) mass is 296 g/mol. The van der Waals surface area contributed by atoms with E-state index in [1.807, 2.05) is 52.0 Å². The number of amides is 1. The molecule has 0 bridgehead atoms. The second-order valence-electron chi connectivity index (χ2n) is 7.00. The standard InChI is InChI=1S/C16H28N2O3/c1-15(2,3)21-14(20)18-11-8-16(13-19,9-12-18)7-6-10-17(4)5/h6,10,13H,7-9,11-12H2,1-5H3. The van der Waals surface area contributed by atoms with Gasteiger partial charge in [0.2, 0.25) is 0 Å². The molecule has 0 aliphatic carbocycles. The molecule has 1 aliphatic heterocycles. The number of allylic oxidation sites excluding steroid dienone is 1. The van der Waals surface area contributed by atoms with Crippen LogP contribution in [0.1, 0.15) is 40.0 Å². The third kappa shape index (κ3) is 5.78. The van der Waals surface area contributed by atoms with Crippen molar-refractivity contribution in [3.63, 3.8) is 0 Å². The fraction of sp³-hybridized carbons (Fsp3) is 0.750. The first-order valence-corrected chi connectivity index (χ1v) is 7.45. The van der Waals surface area contributed by atoms with Crippen LogP contribution in [0, 0.1) is 5.41 Å². The zero-order valence-corrected chi connectivity index (χ0v) is 13.9. The number of ether oxygens (including phenoxy) is 1. The Morgan fingerprint density at radius 2 is 1.86 bits per heavy atom. The summed E-state index contributed by atoms with van der Waals surface area (Å²) in [6.07, 6.45) is 6.85. The lowest BCUT2D eigenvalue weighted by Crippen LogP contribution is -2.45. The summed E-state index contributed by atoms with van der Waals surface area (Å²) in [5.74, 6) is 0. The first kappa shape index (κ1) is 17.5. The predicted molar refractivity (Wildman–Crippen MR) is 83.0 cm³/mol. The van der Waals surface area contributed by atoms with Gasteiger partial charge in [-0.2, -0.15) is 0 Å². The van der Waals surface area contributed by atoms with Gasteiger partial charge in [0.1, 0.15) is 11.9 Å². The summed E-state index contributed by atoms with van der Waals surface area (Å²) < 4.78 is 5.37. The largest absolute Gasteiger partial charge is 0.444 e. The van der Waals surface area contributed by atoms with Crippen LogP contribution in [0.5, 0.6) is 0 Å². The van der Waals surface area contributed by atoms with E-state index in [1.165, 1.54) is 0 Å². The van der Waals surface area contributed by atoms with Gasteiger partial charge in [0.15, 0.2) is 0 Å². The van der Waals surface area contributed by atoms with Gasteiger partial charge >= 0.3 is 6.09 Å². The van der Waals surface area contributed by atoms with E-state index < -0.39 is 5.60 Å². The van der Waals surface area contributed by atoms with E-state index in [0.29, 0.717) is 25.9 Å². The van der Waals surface area contributed by atoms with Gasteiger partial charge in [-0.3, -0.25) is 0 Å². The van der Waals surface area contributed by atoms with E-state index in [2.05, 4.69) is 0 Å². The molecule has 0 aromatic rings. The number of likely N-dealkylation sites (tertiary alicyclic amines) is 1. The Hall–Kier alpha value is -1.52. The van der Waals surface area contributed by atoms with Crippen LogP contribution in [0.15, 0.2) is 12.3 Å². The third-order valence-corrected chi connectivity index (χ3v) is 3.59. The summed E-state index contributed by atoms with van der Waals surface area (Å²) in [6, 6.07) is 0. The summed E-state index contributed by atoms with van der Waals surface area (Å²) in [5, 5.41) is 0. The van der Waals surface area contributed by atoms with Gasteiger partial charge in [-0.15, -0.1) is 0 Å². The van der Waals surface area contributed by atoms with Gasteiger partial charge in [0, 0.05) is 32.6 Å². The maximum absolute atomic E-state index is 12.0. The maximum Gasteiger partial charge on any atom is 0.410 e. The van der Waals surface area contributed by atoms with Crippen LogP contribution in [0.4, 0.5) is 4.79 Å². The van der Waals surface area contributed by atoms with Crippen molar-refractivity contribution in [2.75, 3.05) is 27.2 Å². The molecule has 5 heteroatoms. The molecule has 1 rings (SSSR count). The van der Waals surface area contributed by atoms with E-state index in [0.717, 1.165) is 12.7 Å². The van der Waals surface area contributed by atoms with Crippen LogP contribution >= 0.6 is 0 Å². The molecule has 0 unspecified atom stereocenters. The Bertz CT molecular complexity index is 389. The van der Waals surface area contributed by atoms with Gasteiger partial charge in [-0.05, 0) is 46.2 Å². The summed E-state index contributed by atoms with van der Waals surface area (Å²) in [4.78, 5) is 27.1. The van der Waals surface area contributed by atoms with E-state index in [9.17, 15) is 9.59 Å². The van der Waals surface area contributed by atoms with Crippen LogP contribution in [0.3, 0.4) is 0 Å². The van der Waals surface area contributed by atoms with Crippen LogP contribution in [0.25, 0.3) is 0 Å². The Morgan fingerprint density at radius 1 is 1.29 bits per heavy atom. The molecule has 0 atom stereocenters. The van der Waals surface area contributed by atoms with Gasteiger partial charge < -0.3 is 19.3 Å². The molecule has 1 fully saturated rings. The topological polar surface area (TPSA) is 49.9 Å². The molecule has 120 valence electrons. The van der Waals surface area contributed by atoms with Crippen molar-refractivity contribution in [3.05, 3.63) is 12.3 Å². The zero-order chi connectivity index (χ0) is 16.1. The lowest BCUT2D eigenvalue weighted by atomic mass is 9.77. The number of rotatable bonds is 4. The highest BCUT2D eigenvalue weighted by molar-refractivity contribution is 5.69. The summed E-state index contributed by atoms with van der Waals surface area (Å²) >= 11 is 0. The molecular weight excluding hydrogens is 268 g/mol. The first-order valence-electron chi connectivity index (χ1n) is 7.45. The predicted octanol–water partition coefficient (Wildman–Crippen LogP) is 2.67. The van der Waals surface area contributed by atoms with E-state index in [4.69, 9.17) is 4.74 Å². The van der Waals surface area contributed by atoms with Gasteiger partial charge in [0.25, 0.3) is 0 Å². The fourth-order valence-electron chi connectivity index (χ4n) is 2.33. The second kappa shape index (κ2) is 6.96. The lowest BCUT2D eigenvalue weighted by molar-refractivity contribution is -0.118. The number of carbonyl (C=O) groups excluding carboxylic acids is 2. The molecule has 0 radical (unpaired) electrons. The van der Waals surface area contributed by atoms with Crippen molar-refractivity contribution < 1.29 is 14.3 Å². The molecule has 0 saturated carbocycles. The molecule has 0 aromatic heterocycles. The molecular formula is C16H28N2O3. The minimum atomic E-state index is -0.481. The molecule has 1 amide bonds. The number of hydrogen-bond acceptors (Lipinski definition) is 4. The maximum atomic E-state index is 12.0. The minimum Gasteiger partial charge on any atom is -0.444 e. The van der Waals surface area contributed by atoms with Crippen LogP contribution in [-0.4, -0.2) is 55.0 Å². The summed E-state index contributed by atoms with van der Waals surface area (Å²) in [6.45, 7) is 6.72. The molecule has 1 saturated heterocycles. The average Bonchev–Trinajstić information content (AvgIpc) is 2.37. The van der Waals surface area contributed by atoms with Gasteiger partial charge in [-0.25, -0.2) is 4.79 Å². The first-order chi connectivity index (χ1) is 9.67. The molecule has 0 aromatic carbocycles. The highest BCUT2D eigenvalue weighted by atomic mass is 16.6. The highest BCUT2D eigenvalue weighted by Gasteiger charge is 2.36. The normalized spacial score (nSPS) is 18.6. The molecule has 0 spiro atoms. The number of aldehydes is 1. The quantitative estimate of drug-likeness (QED) is 0.748. The molecule has 1 heterocycles. The second-order valence-corrected chi connectivity index (χ2v) is 7.00. The van der Waals surface area contributed by atoms with Crippen molar-refractivity contribution in [2.24, 2.45) is 5.41 Å². The third-order valence-electron chi connectivity index (χ3n) is 3.59. The zero-order valence-electron chi connectivity index (χ0n) is 13.9.